The smallest absolute Gasteiger partial charge is 0.361 e. The van der Waals surface area contributed by atoms with Gasteiger partial charge < -0.3 is 5.53 Å². The van der Waals surface area contributed by atoms with E-state index in [0.717, 1.165) is 16.3 Å². The minimum atomic E-state index is -0.204. The fourth-order valence-corrected chi connectivity index (χ4v) is 2.08. The van der Waals surface area contributed by atoms with E-state index in [1.54, 1.807) is 12.1 Å². The van der Waals surface area contributed by atoms with Gasteiger partial charge in [-0.05, 0) is 11.5 Å². The van der Waals surface area contributed by atoms with Crippen molar-refractivity contribution in [1.82, 2.24) is 0 Å². The first-order valence-corrected chi connectivity index (χ1v) is 4.62. The van der Waals surface area contributed by atoms with Crippen LogP contribution in [0.15, 0.2) is 36.4 Å². The Morgan fingerprint density at radius 3 is 2.33 bits per heavy atom. The van der Waals surface area contributed by atoms with Crippen molar-refractivity contribution >= 4 is 22.3 Å². The summed E-state index contributed by atoms with van der Waals surface area (Å²) in [5.41, 5.74) is 10.3. The van der Waals surface area contributed by atoms with E-state index in [9.17, 15) is 4.79 Å². The van der Waals surface area contributed by atoms with Crippen LogP contribution in [-0.4, -0.2) is 16.3 Å². The van der Waals surface area contributed by atoms with Crippen LogP contribution in [0.4, 0.5) is 0 Å². The average Bonchev–Trinajstić information content (AvgIpc) is 2.55. The molecular weight excluding hydrogens is 188 g/mol. The molecule has 0 atom stereocenters. The van der Waals surface area contributed by atoms with Crippen LogP contribution >= 0.6 is 0 Å². The van der Waals surface area contributed by atoms with Crippen molar-refractivity contribution in [2.24, 2.45) is 0 Å². The Balaban J connectivity index is 2.62. The van der Waals surface area contributed by atoms with Crippen LogP contribution in [0.1, 0.15) is 15.9 Å². The molecule has 70 valence electrons. The molecule has 0 aromatic heterocycles. The van der Waals surface area contributed by atoms with Crippen LogP contribution in [0.3, 0.4) is 0 Å². The lowest BCUT2D eigenvalue weighted by Crippen LogP contribution is -2.09. The minimum absolute atomic E-state index is 0.141. The van der Waals surface area contributed by atoms with Crippen molar-refractivity contribution in [3.8, 4) is 0 Å². The average molecular weight is 194 g/mol. The Morgan fingerprint density at radius 1 is 1.00 bits per heavy atom. The van der Waals surface area contributed by atoms with E-state index >= 15 is 0 Å². The molecule has 15 heavy (non-hydrogen) atoms. The van der Waals surface area contributed by atoms with Crippen LogP contribution in [-0.2, 0) is 0 Å². The third-order valence-corrected chi connectivity index (χ3v) is 2.72. The Bertz CT molecular complexity index is 646. The van der Waals surface area contributed by atoms with Crippen molar-refractivity contribution < 1.29 is 9.58 Å². The summed E-state index contributed by atoms with van der Waals surface area (Å²) in [5.74, 6) is -0.204. The van der Waals surface area contributed by atoms with Gasteiger partial charge in [0.1, 0.15) is 0 Å². The minimum Gasteiger partial charge on any atom is -0.361 e. The summed E-state index contributed by atoms with van der Waals surface area (Å²) in [6, 6.07) is 11.1. The second kappa shape index (κ2) is 2.62. The zero-order valence-corrected chi connectivity index (χ0v) is 7.77. The highest BCUT2D eigenvalue weighted by molar-refractivity contribution is 6.57. The summed E-state index contributed by atoms with van der Waals surface area (Å²) in [7, 11) is 0. The van der Waals surface area contributed by atoms with Gasteiger partial charge in [-0.25, -0.2) is 0 Å². The summed E-state index contributed by atoms with van der Waals surface area (Å²) < 4.78 is 0. The number of ketones is 1. The Labute approximate surface area is 85.6 Å². The number of hydrogen-bond donors (Lipinski definition) is 0. The predicted molar refractivity (Wildman–Crippen MR) is 56.0 cm³/mol. The first kappa shape index (κ1) is 8.09. The summed E-state index contributed by atoms with van der Waals surface area (Å²) in [4.78, 5) is 14.9. The number of hydrogen-bond acceptors (Lipinski definition) is 1. The van der Waals surface area contributed by atoms with E-state index in [0.29, 0.717) is 5.56 Å². The number of carbonyl (C=O) groups excluding carboxylic acids is 1. The zero-order valence-electron chi connectivity index (χ0n) is 7.77. The number of carbonyl (C=O) groups is 1. The Hall–Kier alpha value is -2.25. The van der Waals surface area contributed by atoms with Gasteiger partial charge in [0.15, 0.2) is 0 Å². The molecule has 0 spiro atoms. The first-order valence-electron chi connectivity index (χ1n) is 4.62. The molecule has 3 heteroatoms. The maximum absolute atomic E-state index is 11.8. The molecule has 1 aliphatic rings. The van der Waals surface area contributed by atoms with Gasteiger partial charge in [-0.15, -0.1) is 0 Å². The van der Waals surface area contributed by atoms with Gasteiger partial charge in [-0.1, -0.05) is 30.3 Å². The maximum atomic E-state index is 11.8. The molecular formula is C12H6N2O. The van der Waals surface area contributed by atoms with E-state index in [1.165, 1.54) is 0 Å². The van der Waals surface area contributed by atoms with Gasteiger partial charge >= 0.3 is 5.71 Å². The summed E-state index contributed by atoms with van der Waals surface area (Å²) in [6.07, 6.45) is 0. The largest absolute Gasteiger partial charge is 0.370 e. The highest BCUT2D eigenvalue weighted by Crippen LogP contribution is 2.29. The molecule has 0 N–H and O–H groups in total. The van der Waals surface area contributed by atoms with E-state index in [-0.39, 0.29) is 11.5 Å². The number of Topliss-reactive ketones (excluding diaryl/α,β-unsaturated/α-hetero) is 1. The van der Waals surface area contributed by atoms with Crippen LogP contribution in [0.25, 0.3) is 16.3 Å². The molecule has 3 rings (SSSR count). The molecule has 0 saturated heterocycles. The lowest BCUT2D eigenvalue weighted by molar-refractivity contribution is -0.00452. The molecule has 0 radical (unpaired) electrons. The third kappa shape index (κ3) is 0.874. The van der Waals surface area contributed by atoms with Crippen LogP contribution in [0, 0.1) is 0 Å². The molecule has 0 aliphatic heterocycles. The topological polar surface area (TPSA) is 53.5 Å². The molecule has 0 heterocycles. The van der Waals surface area contributed by atoms with Crippen molar-refractivity contribution in [3.63, 3.8) is 0 Å². The monoisotopic (exact) mass is 194 g/mol. The molecule has 3 nitrogen and oxygen atoms in total. The Kier molecular flexibility index (Phi) is 1.42. The quantitative estimate of drug-likeness (QED) is 0.467. The molecule has 2 aromatic carbocycles. The molecule has 1 aliphatic carbocycles. The number of benzene rings is 2. The van der Waals surface area contributed by atoms with Crippen molar-refractivity contribution in [3.05, 3.63) is 53.1 Å². The normalized spacial score (nSPS) is 13.3. The molecule has 0 amide bonds. The lowest BCUT2D eigenvalue weighted by atomic mass is 10.1. The van der Waals surface area contributed by atoms with Crippen molar-refractivity contribution in [2.45, 2.75) is 0 Å². The molecule has 0 bridgehead atoms. The number of nitrogens with zero attached hydrogens (tertiary/aromatic N) is 2. The highest BCUT2D eigenvalue weighted by atomic mass is 16.1. The van der Waals surface area contributed by atoms with Crippen molar-refractivity contribution in [1.29, 1.82) is 0 Å². The maximum Gasteiger partial charge on any atom is 0.370 e. The number of rotatable bonds is 0. The molecule has 0 unspecified atom stereocenters. The predicted octanol–water partition coefficient (Wildman–Crippen LogP) is 2.06. The lowest BCUT2D eigenvalue weighted by Gasteiger charge is -1.96. The van der Waals surface area contributed by atoms with E-state index < -0.39 is 0 Å². The first-order chi connectivity index (χ1) is 7.33. The van der Waals surface area contributed by atoms with Gasteiger partial charge in [-0.2, -0.15) is 4.79 Å². The summed E-state index contributed by atoms with van der Waals surface area (Å²) >= 11 is 0. The van der Waals surface area contributed by atoms with E-state index in [1.807, 2.05) is 24.3 Å². The standard InChI is InChI=1S/C12H6N2O/c13-14-11-8-5-1-3-7-4-2-6-9(10(7)8)12(11)15/h1-6H. The van der Waals surface area contributed by atoms with E-state index in [4.69, 9.17) is 5.53 Å². The SMILES string of the molecule is [N-]=[N+]=C1C(=O)c2cccc3cccc1c23. The van der Waals surface area contributed by atoms with Crippen LogP contribution in [0.5, 0.6) is 0 Å². The van der Waals surface area contributed by atoms with Crippen LogP contribution < -0.4 is 0 Å². The van der Waals surface area contributed by atoms with Crippen molar-refractivity contribution in [2.75, 3.05) is 0 Å². The molecule has 2 aromatic rings. The fourth-order valence-electron chi connectivity index (χ4n) is 2.08. The van der Waals surface area contributed by atoms with Crippen LogP contribution in [0.2, 0.25) is 0 Å². The van der Waals surface area contributed by atoms with E-state index in [2.05, 4.69) is 4.79 Å². The van der Waals surface area contributed by atoms with Gasteiger partial charge in [-0.3, -0.25) is 4.79 Å². The summed E-state index contributed by atoms with van der Waals surface area (Å²) in [5, 5.41) is 1.88. The highest BCUT2D eigenvalue weighted by Gasteiger charge is 2.34. The molecule has 0 saturated carbocycles. The Morgan fingerprint density at radius 2 is 1.67 bits per heavy atom. The fraction of sp³-hybridized carbons (Fsp3) is 0. The van der Waals surface area contributed by atoms with Gasteiger partial charge in [0, 0.05) is 10.9 Å². The van der Waals surface area contributed by atoms with Gasteiger partial charge in [0.2, 0.25) is 0 Å². The second-order valence-corrected chi connectivity index (χ2v) is 3.49. The molecule has 0 fully saturated rings. The summed E-state index contributed by atoms with van der Waals surface area (Å²) in [6.45, 7) is 0. The third-order valence-electron chi connectivity index (χ3n) is 2.72. The zero-order chi connectivity index (χ0) is 10.4. The van der Waals surface area contributed by atoms with Gasteiger partial charge in [0.05, 0.1) is 5.56 Å². The second-order valence-electron chi connectivity index (χ2n) is 3.49. The van der Waals surface area contributed by atoms with Gasteiger partial charge in [0.25, 0.3) is 5.78 Å².